The molecular formula is C30H34N4O6S. The van der Waals surface area contributed by atoms with Crippen LogP contribution in [0, 0.1) is 10.1 Å². The van der Waals surface area contributed by atoms with Crippen LogP contribution < -0.4 is 9.62 Å². The number of hydrogen-bond donors (Lipinski definition) is 1. The predicted octanol–water partition coefficient (Wildman–Crippen LogP) is 4.66. The van der Waals surface area contributed by atoms with Crippen LogP contribution in [0.4, 0.5) is 11.4 Å². The average molecular weight is 579 g/mol. The number of non-ortho nitro benzene ring substituents is 1. The molecule has 3 aromatic carbocycles. The molecular weight excluding hydrogens is 544 g/mol. The van der Waals surface area contributed by atoms with Crippen molar-refractivity contribution in [2.45, 2.75) is 62.6 Å². The van der Waals surface area contributed by atoms with Gasteiger partial charge in [0.2, 0.25) is 11.8 Å². The number of anilines is 1. The number of rotatable bonds is 12. The third kappa shape index (κ3) is 7.29. The molecule has 1 aliphatic rings. The smallest absolute Gasteiger partial charge is 0.271 e. The van der Waals surface area contributed by atoms with Crippen molar-refractivity contribution in [1.82, 2.24) is 10.2 Å². The highest BCUT2D eigenvalue weighted by atomic mass is 32.2. The summed E-state index contributed by atoms with van der Waals surface area (Å²) >= 11 is 0. The minimum atomic E-state index is -4.31. The number of benzene rings is 3. The molecule has 0 bridgehead atoms. The van der Waals surface area contributed by atoms with Crippen molar-refractivity contribution in [2.24, 2.45) is 0 Å². The molecule has 1 saturated carbocycles. The van der Waals surface area contributed by atoms with E-state index < -0.39 is 33.4 Å². The Morgan fingerprint density at radius 2 is 1.61 bits per heavy atom. The van der Waals surface area contributed by atoms with Crippen LogP contribution in [0.25, 0.3) is 0 Å². The zero-order valence-electron chi connectivity index (χ0n) is 22.9. The number of amides is 2. The van der Waals surface area contributed by atoms with Gasteiger partial charge in [-0.2, -0.15) is 0 Å². The van der Waals surface area contributed by atoms with Crippen LogP contribution in [0.3, 0.4) is 0 Å². The molecule has 1 fully saturated rings. The van der Waals surface area contributed by atoms with Gasteiger partial charge in [-0.25, -0.2) is 8.42 Å². The largest absolute Gasteiger partial charge is 0.352 e. The van der Waals surface area contributed by atoms with Crippen molar-refractivity contribution in [3.63, 3.8) is 0 Å². The first-order valence-electron chi connectivity index (χ1n) is 13.7. The highest BCUT2D eigenvalue weighted by molar-refractivity contribution is 7.92. The summed E-state index contributed by atoms with van der Waals surface area (Å²) in [7, 11) is -4.31. The normalized spacial score (nSPS) is 14.3. The van der Waals surface area contributed by atoms with Crippen LogP contribution in [0.15, 0.2) is 89.8 Å². The molecule has 216 valence electrons. The maximum Gasteiger partial charge on any atom is 0.271 e. The quantitative estimate of drug-likeness (QED) is 0.246. The Morgan fingerprint density at radius 3 is 2.22 bits per heavy atom. The van der Waals surface area contributed by atoms with Gasteiger partial charge in [0.25, 0.3) is 15.7 Å². The van der Waals surface area contributed by atoms with Crippen LogP contribution >= 0.6 is 0 Å². The van der Waals surface area contributed by atoms with Crippen molar-refractivity contribution in [3.8, 4) is 0 Å². The zero-order valence-corrected chi connectivity index (χ0v) is 23.7. The molecule has 11 heteroatoms. The predicted molar refractivity (Wildman–Crippen MR) is 156 cm³/mol. The highest BCUT2D eigenvalue weighted by Gasteiger charge is 2.34. The van der Waals surface area contributed by atoms with Crippen LogP contribution in [0.5, 0.6) is 0 Å². The summed E-state index contributed by atoms with van der Waals surface area (Å²) in [6, 6.07) is 21.1. The van der Waals surface area contributed by atoms with Gasteiger partial charge >= 0.3 is 0 Å². The second-order valence-corrected chi connectivity index (χ2v) is 11.9. The number of nitro groups is 1. The van der Waals surface area contributed by atoms with Crippen LogP contribution in [0.2, 0.25) is 0 Å². The van der Waals surface area contributed by atoms with Gasteiger partial charge in [-0.1, -0.05) is 74.4 Å². The van der Waals surface area contributed by atoms with Crippen molar-refractivity contribution >= 4 is 33.2 Å². The van der Waals surface area contributed by atoms with Crippen molar-refractivity contribution < 1.29 is 22.9 Å². The lowest BCUT2D eigenvalue weighted by Gasteiger charge is -2.33. The van der Waals surface area contributed by atoms with E-state index in [0.29, 0.717) is 6.42 Å². The van der Waals surface area contributed by atoms with E-state index in [4.69, 9.17) is 0 Å². The maximum absolute atomic E-state index is 14.1. The summed E-state index contributed by atoms with van der Waals surface area (Å²) in [6.07, 6.45) is 4.14. The lowest BCUT2D eigenvalue weighted by Crippen LogP contribution is -2.53. The van der Waals surface area contributed by atoms with Crippen molar-refractivity contribution in [1.29, 1.82) is 0 Å². The Hall–Kier alpha value is -4.25. The molecule has 10 nitrogen and oxygen atoms in total. The molecule has 4 rings (SSSR count). The molecule has 0 aromatic heterocycles. The second-order valence-electron chi connectivity index (χ2n) is 10.0. The van der Waals surface area contributed by atoms with E-state index in [-0.39, 0.29) is 34.8 Å². The van der Waals surface area contributed by atoms with Gasteiger partial charge in [0.15, 0.2) is 0 Å². The summed E-state index contributed by atoms with van der Waals surface area (Å²) in [4.78, 5) is 39.7. The standard InChI is InChI=1S/C30H34N4O6S/c1-2-28(30(36)31-24-14-9-10-15-24)32(21-23-12-5-3-6-13-23)29(35)22-33(25-16-11-17-26(20-25)34(37)38)41(39,40)27-18-7-4-8-19-27/h3-8,11-13,16-20,24,28H,2,9-10,14-15,21-22H2,1H3,(H,31,36)/t28-/m1/s1. The van der Waals surface area contributed by atoms with Gasteiger partial charge in [0.05, 0.1) is 15.5 Å². The molecule has 2 amide bonds. The molecule has 1 N–H and O–H groups in total. The van der Waals surface area contributed by atoms with E-state index in [2.05, 4.69) is 5.32 Å². The van der Waals surface area contributed by atoms with Crippen LogP contribution in [0.1, 0.15) is 44.6 Å². The topological polar surface area (TPSA) is 130 Å². The third-order valence-electron chi connectivity index (χ3n) is 7.22. The minimum absolute atomic E-state index is 0.0282. The first-order valence-corrected chi connectivity index (χ1v) is 15.1. The molecule has 3 aromatic rings. The third-order valence-corrected chi connectivity index (χ3v) is 9.01. The Bertz CT molecular complexity index is 1460. The average Bonchev–Trinajstić information content (AvgIpc) is 3.49. The molecule has 1 aliphatic carbocycles. The number of carbonyl (C=O) groups excluding carboxylic acids is 2. The molecule has 0 spiro atoms. The van der Waals surface area contributed by atoms with Gasteiger partial charge in [0, 0.05) is 24.7 Å². The van der Waals surface area contributed by atoms with Gasteiger partial charge < -0.3 is 10.2 Å². The van der Waals surface area contributed by atoms with Gasteiger partial charge in [-0.15, -0.1) is 0 Å². The van der Waals surface area contributed by atoms with E-state index in [9.17, 15) is 28.1 Å². The summed E-state index contributed by atoms with van der Waals surface area (Å²) in [5.74, 6) is -0.884. The van der Waals surface area contributed by atoms with Gasteiger partial charge in [-0.05, 0) is 43.0 Å². The first kappa shape index (κ1) is 29.7. The van der Waals surface area contributed by atoms with Gasteiger partial charge in [-0.3, -0.25) is 24.0 Å². The highest BCUT2D eigenvalue weighted by Crippen LogP contribution is 2.28. The molecule has 0 saturated heterocycles. The van der Waals surface area contributed by atoms with E-state index in [0.717, 1.165) is 41.6 Å². The Kier molecular flexibility index (Phi) is 9.72. The number of carbonyl (C=O) groups is 2. The number of sulfonamides is 1. The van der Waals surface area contributed by atoms with Crippen molar-refractivity contribution in [3.05, 3.63) is 101 Å². The minimum Gasteiger partial charge on any atom is -0.352 e. The molecule has 41 heavy (non-hydrogen) atoms. The summed E-state index contributed by atoms with van der Waals surface area (Å²) in [5.41, 5.74) is 0.437. The van der Waals surface area contributed by atoms with Crippen LogP contribution in [-0.2, 0) is 26.2 Å². The number of hydrogen-bond acceptors (Lipinski definition) is 6. The number of nitrogens with zero attached hydrogens (tertiary/aromatic N) is 3. The molecule has 1 atom stereocenters. The Balaban J connectivity index is 1.72. The molecule has 0 radical (unpaired) electrons. The monoisotopic (exact) mass is 578 g/mol. The van der Waals surface area contributed by atoms with E-state index in [1.54, 1.807) is 18.2 Å². The Labute approximate surface area is 240 Å². The zero-order chi connectivity index (χ0) is 29.4. The Morgan fingerprint density at radius 1 is 0.976 bits per heavy atom. The summed E-state index contributed by atoms with van der Waals surface area (Å²) in [5, 5.41) is 14.6. The fourth-order valence-electron chi connectivity index (χ4n) is 5.08. The first-order chi connectivity index (χ1) is 19.7. The molecule has 0 heterocycles. The molecule has 0 unspecified atom stereocenters. The SMILES string of the molecule is CC[C@H](C(=O)NC1CCCC1)N(Cc1ccccc1)C(=O)CN(c1cccc([N+](=O)[O-])c1)S(=O)(=O)c1ccccc1. The fourth-order valence-corrected chi connectivity index (χ4v) is 6.50. The van der Waals surface area contributed by atoms with Gasteiger partial charge in [0.1, 0.15) is 12.6 Å². The van der Waals surface area contributed by atoms with E-state index in [1.165, 1.54) is 35.2 Å². The second kappa shape index (κ2) is 13.4. The summed E-state index contributed by atoms with van der Waals surface area (Å²) < 4.78 is 28.6. The molecule has 0 aliphatic heterocycles. The maximum atomic E-state index is 14.1. The van der Waals surface area contributed by atoms with Crippen molar-refractivity contribution in [2.75, 3.05) is 10.8 Å². The lowest BCUT2D eigenvalue weighted by atomic mass is 10.1. The van der Waals surface area contributed by atoms with E-state index in [1.807, 2.05) is 37.3 Å². The van der Waals surface area contributed by atoms with E-state index >= 15 is 0 Å². The number of nitro benzene ring substituents is 1. The number of nitrogens with one attached hydrogen (secondary N) is 1. The lowest BCUT2D eigenvalue weighted by molar-refractivity contribution is -0.384. The summed E-state index contributed by atoms with van der Waals surface area (Å²) in [6.45, 7) is 1.24. The fraction of sp³-hybridized carbons (Fsp3) is 0.333. The van der Waals surface area contributed by atoms with Crippen LogP contribution in [-0.4, -0.2) is 48.7 Å².